The molecular formula is C24H22N4O2S. The highest BCUT2D eigenvalue weighted by Crippen LogP contribution is 2.31. The quantitative estimate of drug-likeness (QED) is 0.444. The van der Waals surface area contributed by atoms with Gasteiger partial charge < -0.3 is 9.73 Å². The summed E-state index contributed by atoms with van der Waals surface area (Å²) in [6.45, 7) is 0. The normalized spacial score (nSPS) is 15.4. The van der Waals surface area contributed by atoms with Crippen molar-refractivity contribution in [2.24, 2.45) is 0 Å². The number of amides is 1. The average Bonchev–Trinajstić information content (AvgIpc) is 3.48. The fourth-order valence-corrected chi connectivity index (χ4v) is 4.77. The van der Waals surface area contributed by atoms with Crippen LogP contribution in [0.2, 0.25) is 0 Å². The number of thioether (sulfide) groups is 1. The largest absolute Gasteiger partial charge is 0.461 e. The van der Waals surface area contributed by atoms with E-state index in [1.165, 1.54) is 22.9 Å². The molecule has 2 heterocycles. The summed E-state index contributed by atoms with van der Waals surface area (Å²) in [5.41, 5.74) is 3.49. The van der Waals surface area contributed by atoms with E-state index in [0.717, 1.165) is 24.9 Å². The molecule has 31 heavy (non-hydrogen) atoms. The van der Waals surface area contributed by atoms with Crippen LogP contribution >= 0.6 is 11.8 Å². The first-order chi connectivity index (χ1) is 15.3. The van der Waals surface area contributed by atoms with Crippen LogP contribution < -0.4 is 5.32 Å². The van der Waals surface area contributed by atoms with Crippen molar-refractivity contribution < 1.29 is 9.21 Å². The van der Waals surface area contributed by atoms with Crippen molar-refractivity contribution in [1.29, 1.82) is 0 Å². The summed E-state index contributed by atoms with van der Waals surface area (Å²) in [6, 6.07) is 22.0. The molecule has 1 aliphatic carbocycles. The minimum Gasteiger partial charge on any atom is -0.461 e. The molecule has 1 atom stereocenters. The van der Waals surface area contributed by atoms with E-state index in [1.807, 2.05) is 53.1 Å². The Labute approximate surface area is 184 Å². The first-order valence-electron chi connectivity index (χ1n) is 10.3. The smallest absolute Gasteiger partial charge is 0.230 e. The maximum absolute atomic E-state index is 12.8. The molecule has 0 aliphatic heterocycles. The number of carbonyl (C=O) groups is 1. The number of nitrogens with zero attached hydrogens (tertiary/aromatic N) is 3. The monoisotopic (exact) mass is 430 g/mol. The summed E-state index contributed by atoms with van der Waals surface area (Å²) < 4.78 is 7.47. The van der Waals surface area contributed by atoms with Crippen molar-refractivity contribution in [1.82, 2.24) is 20.1 Å². The number of aromatic nitrogens is 3. The fraction of sp³-hybridized carbons (Fsp3) is 0.208. The van der Waals surface area contributed by atoms with Crippen LogP contribution in [0.5, 0.6) is 0 Å². The molecule has 2 aromatic heterocycles. The zero-order valence-electron chi connectivity index (χ0n) is 16.9. The second-order valence-corrected chi connectivity index (χ2v) is 8.40. The summed E-state index contributed by atoms with van der Waals surface area (Å²) in [5.74, 6) is 1.50. The van der Waals surface area contributed by atoms with Gasteiger partial charge in [-0.25, -0.2) is 0 Å². The second kappa shape index (κ2) is 8.81. The lowest BCUT2D eigenvalue weighted by atomic mass is 9.88. The third-order valence-corrected chi connectivity index (χ3v) is 6.36. The predicted octanol–water partition coefficient (Wildman–Crippen LogP) is 4.81. The highest BCUT2D eigenvalue weighted by molar-refractivity contribution is 7.99. The molecule has 5 rings (SSSR count). The maximum Gasteiger partial charge on any atom is 0.230 e. The highest BCUT2D eigenvalue weighted by atomic mass is 32.2. The third-order valence-electron chi connectivity index (χ3n) is 5.43. The van der Waals surface area contributed by atoms with Crippen LogP contribution in [0.15, 0.2) is 82.6 Å². The molecular weight excluding hydrogens is 408 g/mol. The summed E-state index contributed by atoms with van der Waals surface area (Å²) in [6.07, 6.45) is 4.74. The Morgan fingerprint density at radius 1 is 1.06 bits per heavy atom. The Hall–Kier alpha value is -3.32. The minimum absolute atomic E-state index is 0.00568. The standard InChI is InChI=1S/C24H22N4O2S/c29-22(25-20-13-6-9-17-8-4-5-12-19(17)20)16-31-24-27-26-23(21-14-7-15-30-21)28(24)18-10-2-1-3-11-18/h1-5,7-8,10-12,14-15,20H,6,9,13,16H2,(H,25,29). The van der Waals surface area contributed by atoms with Gasteiger partial charge in [0.15, 0.2) is 10.9 Å². The lowest BCUT2D eigenvalue weighted by molar-refractivity contribution is -0.119. The molecule has 156 valence electrons. The molecule has 0 fully saturated rings. The number of nitrogens with one attached hydrogen (secondary N) is 1. The van der Waals surface area contributed by atoms with Crippen molar-refractivity contribution in [3.8, 4) is 17.3 Å². The van der Waals surface area contributed by atoms with Gasteiger partial charge in [0.1, 0.15) is 0 Å². The molecule has 1 aliphatic rings. The van der Waals surface area contributed by atoms with Crippen LogP contribution in [-0.4, -0.2) is 26.4 Å². The van der Waals surface area contributed by atoms with E-state index in [9.17, 15) is 4.79 Å². The lowest BCUT2D eigenvalue weighted by Crippen LogP contribution is -2.32. The number of fused-ring (bicyclic) bond motifs is 1. The summed E-state index contributed by atoms with van der Waals surface area (Å²) >= 11 is 1.37. The number of aryl methyl sites for hydroxylation is 1. The molecule has 4 aromatic rings. The highest BCUT2D eigenvalue weighted by Gasteiger charge is 2.23. The van der Waals surface area contributed by atoms with Gasteiger partial charge in [-0.3, -0.25) is 9.36 Å². The number of carbonyl (C=O) groups excluding carboxylic acids is 1. The van der Waals surface area contributed by atoms with Crippen molar-refractivity contribution in [2.45, 2.75) is 30.5 Å². The molecule has 6 nitrogen and oxygen atoms in total. The third kappa shape index (κ3) is 4.14. The van der Waals surface area contributed by atoms with Crippen molar-refractivity contribution in [3.05, 3.63) is 84.1 Å². The zero-order chi connectivity index (χ0) is 21.0. The van der Waals surface area contributed by atoms with E-state index in [1.54, 1.807) is 6.26 Å². The molecule has 0 saturated carbocycles. The van der Waals surface area contributed by atoms with E-state index < -0.39 is 0 Å². The van der Waals surface area contributed by atoms with Crippen molar-refractivity contribution in [3.63, 3.8) is 0 Å². The van der Waals surface area contributed by atoms with E-state index in [0.29, 0.717) is 16.7 Å². The van der Waals surface area contributed by atoms with Gasteiger partial charge in [-0.2, -0.15) is 0 Å². The topological polar surface area (TPSA) is 73.0 Å². The summed E-state index contributed by atoms with van der Waals surface area (Å²) in [5, 5.41) is 12.5. The van der Waals surface area contributed by atoms with Crippen molar-refractivity contribution >= 4 is 17.7 Å². The van der Waals surface area contributed by atoms with Crippen LogP contribution in [0.4, 0.5) is 0 Å². The van der Waals surface area contributed by atoms with Crippen LogP contribution in [0, 0.1) is 0 Å². The Bertz CT molecular complexity index is 1170. The Balaban J connectivity index is 1.34. The van der Waals surface area contributed by atoms with Gasteiger partial charge in [0.25, 0.3) is 0 Å². The number of benzene rings is 2. The van der Waals surface area contributed by atoms with Gasteiger partial charge in [-0.05, 0) is 54.7 Å². The first kappa shape index (κ1) is 19.6. The van der Waals surface area contributed by atoms with Crippen molar-refractivity contribution in [2.75, 3.05) is 5.75 Å². The van der Waals surface area contributed by atoms with Gasteiger partial charge in [0.2, 0.25) is 11.7 Å². The Morgan fingerprint density at radius 2 is 1.90 bits per heavy atom. The maximum atomic E-state index is 12.8. The van der Waals surface area contributed by atoms with Crippen LogP contribution in [0.3, 0.4) is 0 Å². The van der Waals surface area contributed by atoms with Crippen LogP contribution in [0.25, 0.3) is 17.3 Å². The zero-order valence-corrected chi connectivity index (χ0v) is 17.7. The Morgan fingerprint density at radius 3 is 2.74 bits per heavy atom. The summed E-state index contributed by atoms with van der Waals surface area (Å²) in [7, 11) is 0. The SMILES string of the molecule is O=C(CSc1nnc(-c2ccco2)n1-c1ccccc1)NC1CCCc2ccccc21. The summed E-state index contributed by atoms with van der Waals surface area (Å²) in [4.78, 5) is 12.8. The molecule has 0 bridgehead atoms. The average molecular weight is 431 g/mol. The molecule has 1 unspecified atom stereocenters. The van der Waals surface area contributed by atoms with Crippen LogP contribution in [0.1, 0.15) is 30.0 Å². The Kier molecular flexibility index (Phi) is 5.58. The van der Waals surface area contributed by atoms with Gasteiger partial charge in [-0.15, -0.1) is 10.2 Å². The molecule has 0 spiro atoms. The number of hydrogen-bond donors (Lipinski definition) is 1. The second-order valence-electron chi connectivity index (χ2n) is 7.45. The number of furan rings is 1. The van der Waals surface area contributed by atoms with E-state index in [4.69, 9.17) is 4.42 Å². The molecule has 2 aromatic carbocycles. The van der Waals surface area contributed by atoms with Crippen LogP contribution in [-0.2, 0) is 11.2 Å². The molecule has 0 saturated heterocycles. The number of hydrogen-bond acceptors (Lipinski definition) is 5. The van der Waals surface area contributed by atoms with E-state index in [-0.39, 0.29) is 17.7 Å². The lowest BCUT2D eigenvalue weighted by Gasteiger charge is -2.26. The number of rotatable bonds is 6. The van der Waals surface area contributed by atoms with Gasteiger partial charge in [-0.1, -0.05) is 54.2 Å². The van der Waals surface area contributed by atoms with Gasteiger partial charge >= 0.3 is 0 Å². The molecule has 1 amide bonds. The molecule has 0 radical (unpaired) electrons. The van der Waals surface area contributed by atoms with E-state index >= 15 is 0 Å². The fourth-order valence-electron chi connectivity index (χ4n) is 4.01. The predicted molar refractivity (Wildman–Crippen MR) is 120 cm³/mol. The first-order valence-corrected chi connectivity index (χ1v) is 11.3. The molecule has 7 heteroatoms. The van der Waals surface area contributed by atoms with Gasteiger partial charge in [0, 0.05) is 5.69 Å². The van der Waals surface area contributed by atoms with Gasteiger partial charge in [0.05, 0.1) is 18.1 Å². The van der Waals surface area contributed by atoms with E-state index in [2.05, 4.69) is 33.7 Å². The minimum atomic E-state index is -0.00568. The molecule has 1 N–H and O–H groups in total. The number of para-hydroxylation sites is 1.